The quantitative estimate of drug-likeness (QED) is 0.769. The summed E-state index contributed by atoms with van der Waals surface area (Å²) >= 11 is 0. The molecule has 2 N–H and O–H groups in total. The van der Waals surface area contributed by atoms with Crippen LogP contribution in [0.1, 0.15) is 32.5 Å². The van der Waals surface area contributed by atoms with Gasteiger partial charge in [0.05, 0.1) is 5.69 Å². The average Bonchev–Trinajstić information content (AvgIpc) is 2.47. The molecule has 0 bridgehead atoms. The second-order valence-corrected chi connectivity index (χ2v) is 3.51. The summed E-state index contributed by atoms with van der Waals surface area (Å²) in [4.78, 5) is 0. The van der Waals surface area contributed by atoms with E-state index in [1.54, 1.807) is 6.20 Å². The largest absolute Gasteiger partial charge is 0.325 e. The number of nitrogens with two attached hydrogens (primary N) is 1. The van der Waals surface area contributed by atoms with Crippen LogP contribution in [-0.2, 0) is 0 Å². The molecule has 1 aromatic rings. The maximum Gasteiger partial charge on any atom is 0.0610 e. The van der Waals surface area contributed by atoms with Crippen LogP contribution in [0.15, 0.2) is 18.3 Å². The van der Waals surface area contributed by atoms with Gasteiger partial charge in [-0.15, -0.1) is 0 Å². The minimum Gasteiger partial charge on any atom is -0.325 e. The van der Waals surface area contributed by atoms with Crippen LogP contribution >= 0.6 is 0 Å². The Bertz CT molecular complexity index is 284. The number of hydrogen-bond acceptors (Lipinski definition) is 2. The fraction of sp³-hybridized carbons (Fsp3) is 0.500. The summed E-state index contributed by atoms with van der Waals surface area (Å²) < 4.78 is 1.97. The molecule has 3 nitrogen and oxygen atoms in total. The van der Waals surface area contributed by atoms with E-state index < -0.39 is 0 Å². The number of hydrogen-bond donors (Lipinski definition) is 1. The molecule has 72 valence electrons. The molecule has 1 heterocycles. The predicted molar refractivity (Wildman–Crippen MR) is 55.3 cm³/mol. The highest BCUT2D eigenvalue weighted by Crippen LogP contribution is 2.09. The van der Waals surface area contributed by atoms with Crippen LogP contribution in [-0.4, -0.2) is 15.8 Å². The van der Waals surface area contributed by atoms with Gasteiger partial charge < -0.3 is 5.73 Å². The molecule has 0 saturated carbocycles. The topological polar surface area (TPSA) is 43.8 Å². The molecule has 0 amide bonds. The summed E-state index contributed by atoms with van der Waals surface area (Å²) in [7, 11) is 0. The third kappa shape index (κ3) is 2.70. The van der Waals surface area contributed by atoms with E-state index in [-0.39, 0.29) is 6.04 Å². The first-order valence-electron chi connectivity index (χ1n) is 4.58. The van der Waals surface area contributed by atoms with Gasteiger partial charge in [-0.05, 0) is 32.9 Å². The molecule has 0 fully saturated rings. The van der Waals surface area contributed by atoms with E-state index in [9.17, 15) is 0 Å². The van der Waals surface area contributed by atoms with Crippen LogP contribution in [0.5, 0.6) is 0 Å². The molecular weight excluding hydrogens is 162 g/mol. The maximum atomic E-state index is 5.62. The third-order valence-corrected chi connectivity index (χ3v) is 1.76. The van der Waals surface area contributed by atoms with Crippen molar-refractivity contribution in [3.8, 4) is 0 Å². The zero-order chi connectivity index (χ0) is 9.84. The zero-order valence-electron chi connectivity index (χ0n) is 8.44. The summed E-state index contributed by atoms with van der Waals surface area (Å²) in [5.74, 6) is 0. The molecule has 0 aliphatic carbocycles. The summed E-state index contributed by atoms with van der Waals surface area (Å²) in [6.45, 7) is 6.17. The Morgan fingerprint density at radius 2 is 2.15 bits per heavy atom. The molecule has 0 aliphatic rings. The number of nitrogens with zero attached hydrogens (tertiary/aromatic N) is 2. The minimum atomic E-state index is 0.0931. The van der Waals surface area contributed by atoms with Crippen molar-refractivity contribution in [3.63, 3.8) is 0 Å². The monoisotopic (exact) mass is 179 g/mol. The van der Waals surface area contributed by atoms with Crippen LogP contribution in [0.3, 0.4) is 0 Å². The molecule has 0 radical (unpaired) electrons. The Hall–Kier alpha value is -1.09. The Morgan fingerprint density at radius 3 is 2.69 bits per heavy atom. The summed E-state index contributed by atoms with van der Waals surface area (Å²) in [6.07, 6.45) is 5.79. The second kappa shape index (κ2) is 4.23. The first-order chi connectivity index (χ1) is 6.11. The first-order valence-corrected chi connectivity index (χ1v) is 4.58. The van der Waals surface area contributed by atoms with Crippen molar-refractivity contribution in [3.05, 3.63) is 24.0 Å². The molecule has 0 aromatic carbocycles. The second-order valence-electron chi connectivity index (χ2n) is 3.51. The van der Waals surface area contributed by atoms with Crippen molar-refractivity contribution < 1.29 is 0 Å². The van der Waals surface area contributed by atoms with Gasteiger partial charge in [0.15, 0.2) is 0 Å². The Balaban J connectivity index is 2.82. The van der Waals surface area contributed by atoms with Gasteiger partial charge in [-0.1, -0.05) is 6.08 Å². The van der Waals surface area contributed by atoms with Crippen LogP contribution in [0.25, 0.3) is 6.08 Å². The van der Waals surface area contributed by atoms with E-state index in [1.807, 2.05) is 29.8 Å². The molecule has 0 spiro atoms. The van der Waals surface area contributed by atoms with Gasteiger partial charge in [0.25, 0.3) is 0 Å². The van der Waals surface area contributed by atoms with E-state index in [0.717, 1.165) is 5.69 Å². The van der Waals surface area contributed by atoms with Gasteiger partial charge >= 0.3 is 0 Å². The van der Waals surface area contributed by atoms with Crippen molar-refractivity contribution in [2.45, 2.75) is 32.9 Å². The Kier molecular flexibility index (Phi) is 3.25. The first kappa shape index (κ1) is 9.99. The van der Waals surface area contributed by atoms with Crippen molar-refractivity contribution in [1.82, 2.24) is 9.78 Å². The van der Waals surface area contributed by atoms with E-state index in [0.29, 0.717) is 6.04 Å². The van der Waals surface area contributed by atoms with Gasteiger partial charge in [0, 0.05) is 18.3 Å². The number of aromatic nitrogens is 2. The molecule has 1 aromatic heterocycles. The SMILES string of the molecule is CC(N)/C=C/c1ccnn1C(C)C. The molecule has 13 heavy (non-hydrogen) atoms. The highest BCUT2D eigenvalue weighted by molar-refractivity contribution is 5.45. The summed E-state index contributed by atoms with van der Waals surface area (Å²) in [5, 5.41) is 4.22. The molecule has 1 atom stereocenters. The smallest absolute Gasteiger partial charge is 0.0610 e. The van der Waals surface area contributed by atoms with Gasteiger partial charge in [0.2, 0.25) is 0 Å². The molecule has 0 aliphatic heterocycles. The van der Waals surface area contributed by atoms with Crippen LogP contribution in [0.2, 0.25) is 0 Å². The normalized spacial score (nSPS) is 14.2. The fourth-order valence-corrected chi connectivity index (χ4v) is 1.14. The predicted octanol–water partition coefficient (Wildman–Crippen LogP) is 1.82. The maximum absolute atomic E-state index is 5.62. The van der Waals surface area contributed by atoms with E-state index in [1.165, 1.54) is 0 Å². The van der Waals surface area contributed by atoms with Gasteiger partial charge in [0.1, 0.15) is 0 Å². The lowest BCUT2D eigenvalue weighted by molar-refractivity contribution is 0.528. The molecule has 1 unspecified atom stereocenters. The van der Waals surface area contributed by atoms with E-state index >= 15 is 0 Å². The van der Waals surface area contributed by atoms with Crippen molar-refractivity contribution >= 4 is 6.08 Å². The van der Waals surface area contributed by atoms with Crippen molar-refractivity contribution in [2.75, 3.05) is 0 Å². The Morgan fingerprint density at radius 1 is 1.46 bits per heavy atom. The fourth-order valence-electron chi connectivity index (χ4n) is 1.14. The summed E-state index contributed by atoms with van der Waals surface area (Å²) in [6, 6.07) is 2.47. The van der Waals surface area contributed by atoms with Gasteiger partial charge in [-0.25, -0.2) is 0 Å². The van der Waals surface area contributed by atoms with Crippen LogP contribution < -0.4 is 5.73 Å². The molecule has 0 saturated heterocycles. The van der Waals surface area contributed by atoms with E-state index in [4.69, 9.17) is 5.73 Å². The average molecular weight is 179 g/mol. The lowest BCUT2D eigenvalue weighted by atomic mass is 10.3. The zero-order valence-corrected chi connectivity index (χ0v) is 8.44. The van der Waals surface area contributed by atoms with Crippen LogP contribution in [0, 0.1) is 0 Å². The number of rotatable bonds is 3. The minimum absolute atomic E-state index is 0.0931. The Labute approximate surface area is 79.2 Å². The van der Waals surface area contributed by atoms with Crippen LogP contribution in [0.4, 0.5) is 0 Å². The van der Waals surface area contributed by atoms with Crippen molar-refractivity contribution in [2.24, 2.45) is 5.73 Å². The van der Waals surface area contributed by atoms with E-state index in [2.05, 4.69) is 18.9 Å². The molecular formula is C10H17N3. The highest BCUT2D eigenvalue weighted by Gasteiger charge is 2.01. The lowest BCUT2D eigenvalue weighted by Gasteiger charge is -2.07. The third-order valence-electron chi connectivity index (χ3n) is 1.76. The van der Waals surface area contributed by atoms with Gasteiger partial charge in [-0.2, -0.15) is 5.10 Å². The van der Waals surface area contributed by atoms with Crippen molar-refractivity contribution in [1.29, 1.82) is 0 Å². The highest BCUT2D eigenvalue weighted by atomic mass is 15.3. The lowest BCUT2D eigenvalue weighted by Crippen LogP contribution is -2.10. The molecule has 3 heteroatoms. The summed E-state index contributed by atoms with van der Waals surface area (Å²) in [5.41, 5.74) is 6.72. The standard InChI is InChI=1S/C10H17N3/c1-8(2)13-10(6-7-12-13)5-4-9(3)11/h4-9H,11H2,1-3H3/b5-4+. The molecule has 1 rings (SSSR count). The van der Waals surface area contributed by atoms with Gasteiger partial charge in [-0.3, -0.25) is 4.68 Å².